The predicted molar refractivity (Wildman–Crippen MR) is 280 cm³/mol. The van der Waals surface area contributed by atoms with E-state index in [1.807, 2.05) is 74.4 Å². The predicted octanol–water partition coefficient (Wildman–Crippen LogP) is 12.6. The van der Waals surface area contributed by atoms with Crippen molar-refractivity contribution in [3.63, 3.8) is 0 Å². The third kappa shape index (κ3) is 10.1. The van der Waals surface area contributed by atoms with E-state index in [1.54, 1.807) is 7.11 Å². The minimum atomic E-state index is -3.66. The highest BCUT2D eigenvalue weighted by molar-refractivity contribution is 6.54. The van der Waals surface area contributed by atoms with Crippen LogP contribution in [0.25, 0.3) is 28.0 Å². The summed E-state index contributed by atoms with van der Waals surface area (Å²) in [5.74, 6) is 2.42. The molecule has 2 saturated heterocycles. The van der Waals surface area contributed by atoms with Gasteiger partial charge in [0.05, 0.1) is 49.4 Å². The molecule has 1 aliphatic carbocycles. The first-order valence-corrected chi connectivity index (χ1v) is 26.7. The number of anilines is 2. The zero-order valence-electron chi connectivity index (χ0n) is 43.2. The zero-order chi connectivity index (χ0) is 49.0. The number of fused-ring (bicyclic) bond motifs is 8. The standard InChI is InChI=1S/C58H74N2O8Si/c1-54(2,3)66-69(67-55(4,5)6,68-56(7,8)9)64-37-36-63-43-26-22-41(23-27-43)58(40-20-24-42(25-21-40)59-32-34-62-35-33-59)29-28-45-52-51(44-18-14-15-19-48(44)57(52,10)11)46-38-49(60-30-16-13-17-31-60)50(61-12)39-47(46)53(45)65-58/h14-15,18-29,38-39H,13,16-17,30-37H2,1-12H3. The lowest BCUT2D eigenvalue weighted by molar-refractivity contribution is -0.135. The molecule has 368 valence electrons. The Morgan fingerprint density at radius 2 is 1.28 bits per heavy atom. The van der Waals surface area contributed by atoms with Crippen molar-refractivity contribution in [3.8, 4) is 28.4 Å². The van der Waals surface area contributed by atoms with Gasteiger partial charge in [-0.2, -0.15) is 0 Å². The third-order valence-electron chi connectivity index (χ3n) is 13.4. The maximum Gasteiger partial charge on any atom is 0.681 e. The van der Waals surface area contributed by atoms with E-state index in [2.05, 4.69) is 109 Å². The first-order valence-electron chi connectivity index (χ1n) is 25.1. The molecular weight excluding hydrogens is 881 g/mol. The topological polar surface area (TPSA) is 80.3 Å². The van der Waals surface area contributed by atoms with Crippen LogP contribution in [0.3, 0.4) is 0 Å². The number of morpholine rings is 1. The summed E-state index contributed by atoms with van der Waals surface area (Å²) < 4.78 is 52.3. The lowest BCUT2D eigenvalue weighted by Gasteiger charge is -2.41. The molecule has 69 heavy (non-hydrogen) atoms. The van der Waals surface area contributed by atoms with Crippen molar-refractivity contribution in [1.29, 1.82) is 0 Å². The maximum atomic E-state index is 7.80. The Balaban J connectivity index is 1.11. The molecule has 9 rings (SSSR count). The summed E-state index contributed by atoms with van der Waals surface area (Å²) in [5, 5.41) is 2.22. The van der Waals surface area contributed by atoms with Crippen LogP contribution in [-0.4, -0.2) is 85.6 Å². The number of benzene rings is 5. The Hall–Kier alpha value is -4.88. The Morgan fingerprint density at radius 1 is 0.667 bits per heavy atom. The molecule has 0 aromatic heterocycles. The maximum absolute atomic E-state index is 7.80. The SMILES string of the molecule is COc1cc2c3c(c4c(c2cc1N1CCCCC1)-c1ccccc1C4(C)C)C=CC(c1ccc(OCCO[Si](OC(C)(C)C)(OC(C)(C)C)OC(C)(C)C)cc1)(c1ccc(N2CCOCC2)cc1)O3. The molecule has 3 heterocycles. The van der Waals surface area contributed by atoms with Gasteiger partial charge in [-0.05, 0) is 152 Å². The van der Waals surface area contributed by atoms with Crippen LogP contribution >= 0.6 is 0 Å². The quantitative estimate of drug-likeness (QED) is 0.0841. The van der Waals surface area contributed by atoms with E-state index in [9.17, 15) is 0 Å². The van der Waals surface area contributed by atoms with E-state index < -0.39 is 31.5 Å². The molecular formula is C58H74N2O8Si. The Labute approximate surface area is 412 Å². The Kier molecular flexibility index (Phi) is 13.3. The summed E-state index contributed by atoms with van der Waals surface area (Å²) in [4.78, 5) is 4.89. The van der Waals surface area contributed by atoms with E-state index >= 15 is 0 Å². The first kappa shape index (κ1) is 49.1. The van der Waals surface area contributed by atoms with Crippen LogP contribution in [-0.2, 0) is 33.5 Å². The van der Waals surface area contributed by atoms with E-state index in [0.29, 0.717) is 5.75 Å². The highest BCUT2D eigenvalue weighted by atomic mass is 28.4. The van der Waals surface area contributed by atoms with Crippen molar-refractivity contribution in [3.05, 3.63) is 119 Å². The number of rotatable bonds is 13. The van der Waals surface area contributed by atoms with Crippen molar-refractivity contribution < 1.29 is 36.7 Å². The molecule has 0 bridgehead atoms. The molecule has 10 nitrogen and oxygen atoms in total. The molecule has 0 spiro atoms. The summed E-state index contributed by atoms with van der Waals surface area (Å²) in [7, 11) is -1.87. The highest BCUT2D eigenvalue weighted by Gasteiger charge is 2.54. The van der Waals surface area contributed by atoms with E-state index in [0.717, 1.165) is 78.7 Å². The smallest absolute Gasteiger partial charge is 0.495 e. The highest BCUT2D eigenvalue weighted by Crippen LogP contribution is 2.59. The molecule has 0 N–H and O–H groups in total. The molecule has 2 fully saturated rings. The van der Waals surface area contributed by atoms with Gasteiger partial charge >= 0.3 is 9.05 Å². The molecule has 3 aliphatic heterocycles. The van der Waals surface area contributed by atoms with Gasteiger partial charge in [0.2, 0.25) is 0 Å². The molecule has 4 aliphatic rings. The molecule has 1 atom stereocenters. The van der Waals surface area contributed by atoms with Gasteiger partial charge in [0, 0.05) is 59.4 Å². The van der Waals surface area contributed by atoms with Crippen LogP contribution in [0.2, 0.25) is 0 Å². The van der Waals surface area contributed by atoms with Gasteiger partial charge in [-0.3, -0.25) is 0 Å². The van der Waals surface area contributed by atoms with Crippen LogP contribution < -0.4 is 24.0 Å². The largest absolute Gasteiger partial charge is 0.681 e. The Morgan fingerprint density at radius 3 is 1.88 bits per heavy atom. The van der Waals surface area contributed by atoms with E-state index in [-0.39, 0.29) is 18.6 Å². The lowest BCUT2D eigenvalue weighted by Crippen LogP contribution is -2.59. The summed E-state index contributed by atoms with van der Waals surface area (Å²) in [6.07, 6.45) is 8.18. The molecule has 0 radical (unpaired) electrons. The van der Waals surface area contributed by atoms with Gasteiger partial charge in [-0.1, -0.05) is 68.5 Å². The molecule has 0 amide bonds. The molecule has 0 saturated carbocycles. The molecule has 11 heteroatoms. The number of hydrogen-bond acceptors (Lipinski definition) is 10. The van der Waals surface area contributed by atoms with E-state index in [4.69, 9.17) is 36.7 Å². The minimum Gasteiger partial charge on any atom is -0.495 e. The average Bonchev–Trinajstić information content (AvgIpc) is 3.55. The third-order valence-corrected chi connectivity index (χ3v) is 16.6. The molecule has 5 aromatic carbocycles. The van der Waals surface area contributed by atoms with Gasteiger partial charge in [0.1, 0.15) is 23.9 Å². The normalized spacial score (nSPS) is 19.2. The van der Waals surface area contributed by atoms with Crippen LogP contribution in [0.15, 0.2) is 91.0 Å². The Bertz CT molecular complexity index is 2620. The van der Waals surface area contributed by atoms with E-state index in [1.165, 1.54) is 52.6 Å². The first-order chi connectivity index (χ1) is 32.7. The number of methoxy groups -OCH3 is 1. The summed E-state index contributed by atoms with van der Waals surface area (Å²) in [6.45, 7) is 28.3. The van der Waals surface area contributed by atoms with Crippen molar-refractivity contribution in [1.82, 2.24) is 0 Å². The second-order valence-corrected chi connectivity index (χ2v) is 24.4. The van der Waals surface area contributed by atoms with Gasteiger partial charge in [-0.15, -0.1) is 0 Å². The number of piperidine rings is 1. The zero-order valence-corrected chi connectivity index (χ0v) is 44.2. The van der Waals surface area contributed by atoms with Crippen LogP contribution in [0.4, 0.5) is 11.4 Å². The average molecular weight is 955 g/mol. The van der Waals surface area contributed by atoms with Gasteiger partial charge in [-0.25, -0.2) is 0 Å². The minimum absolute atomic E-state index is 0.207. The number of hydrogen-bond donors (Lipinski definition) is 0. The fourth-order valence-electron chi connectivity index (χ4n) is 10.6. The van der Waals surface area contributed by atoms with Crippen LogP contribution in [0.5, 0.6) is 17.2 Å². The van der Waals surface area contributed by atoms with Crippen molar-refractivity contribution in [2.45, 2.75) is 123 Å². The molecule has 1 unspecified atom stereocenters. The van der Waals surface area contributed by atoms with Crippen LogP contribution in [0.1, 0.15) is 123 Å². The fourth-order valence-corrected chi connectivity index (χ4v) is 13.5. The van der Waals surface area contributed by atoms with Crippen molar-refractivity contribution in [2.75, 3.05) is 69.5 Å². The van der Waals surface area contributed by atoms with Gasteiger partial charge < -0.3 is 46.5 Å². The summed E-state index contributed by atoms with van der Waals surface area (Å²) in [6, 6.07) is 30.7. The molecule has 5 aromatic rings. The number of nitrogens with zero attached hydrogens (tertiary/aromatic N) is 2. The van der Waals surface area contributed by atoms with Crippen molar-refractivity contribution in [2.24, 2.45) is 0 Å². The summed E-state index contributed by atoms with van der Waals surface area (Å²) >= 11 is 0. The van der Waals surface area contributed by atoms with Crippen molar-refractivity contribution >= 4 is 37.3 Å². The van der Waals surface area contributed by atoms with Crippen LogP contribution in [0, 0.1) is 0 Å². The van der Waals surface area contributed by atoms with Gasteiger partial charge in [0.25, 0.3) is 0 Å². The second kappa shape index (κ2) is 18.7. The fraction of sp³-hybridized carbons (Fsp3) is 0.483. The monoisotopic (exact) mass is 955 g/mol. The lowest BCUT2D eigenvalue weighted by atomic mass is 9.76. The second-order valence-electron chi connectivity index (χ2n) is 22.5. The summed E-state index contributed by atoms with van der Waals surface area (Å²) in [5.41, 5.74) is 7.64. The van der Waals surface area contributed by atoms with Gasteiger partial charge in [0.15, 0.2) is 5.60 Å². The number of ether oxygens (including phenoxy) is 4.